The predicted molar refractivity (Wildman–Crippen MR) is 64.0 cm³/mol. The van der Waals surface area contributed by atoms with E-state index < -0.39 is 38.9 Å². The van der Waals surface area contributed by atoms with Crippen molar-refractivity contribution in [2.45, 2.75) is 63.1 Å². The van der Waals surface area contributed by atoms with E-state index in [0.29, 0.717) is 25.7 Å². The van der Waals surface area contributed by atoms with Crippen molar-refractivity contribution in [1.82, 2.24) is 0 Å². The summed E-state index contributed by atoms with van der Waals surface area (Å²) < 4.78 is 84.2. The molecule has 0 aromatic rings. The highest BCUT2D eigenvalue weighted by atomic mass is 31.2. The van der Waals surface area contributed by atoms with Crippen LogP contribution in [0.25, 0.3) is 0 Å². The Balaban J connectivity index is 2.84. The SMILES string of the molecule is O=P1(O)OCCCCCCCC(C(F)(F)CC(F)(F)F)O1. The third-order valence-electron chi connectivity index (χ3n) is 3.03. The van der Waals surface area contributed by atoms with E-state index in [0.717, 1.165) is 0 Å². The summed E-state index contributed by atoms with van der Waals surface area (Å²) in [6, 6.07) is 0. The van der Waals surface area contributed by atoms with Crippen LogP contribution in [-0.2, 0) is 13.6 Å². The van der Waals surface area contributed by atoms with Gasteiger partial charge in [0.25, 0.3) is 5.92 Å². The second-order valence-corrected chi connectivity index (χ2v) is 6.41. The third-order valence-corrected chi connectivity index (χ3v) is 4.06. The fourth-order valence-corrected chi connectivity index (χ4v) is 3.06. The van der Waals surface area contributed by atoms with Crippen molar-refractivity contribution in [1.29, 1.82) is 0 Å². The Bertz CT molecular complexity index is 374. The van der Waals surface area contributed by atoms with Crippen LogP contribution in [0.2, 0.25) is 0 Å². The molecule has 21 heavy (non-hydrogen) atoms. The van der Waals surface area contributed by atoms with Gasteiger partial charge in [-0.15, -0.1) is 0 Å². The summed E-state index contributed by atoms with van der Waals surface area (Å²) in [5, 5.41) is 0. The number of hydrogen-bond acceptors (Lipinski definition) is 3. The lowest BCUT2D eigenvalue weighted by Gasteiger charge is -2.28. The maximum Gasteiger partial charge on any atom is 0.472 e. The number of phosphoric ester groups is 1. The lowest BCUT2D eigenvalue weighted by molar-refractivity contribution is -0.213. The highest BCUT2D eigenvalue weighted by molar-refractivity contribution is 7.47. The highest BCUT2D eigenvalue weighted by Gasteiger charge is 2.51. The molecule has 1 saturated heterocycles. The molecule has 2 atom stereocenters. The van der Waals surface area contributed by atoms with Crippen LogP contribution in [0.15, 0.2) is 0 Å². The number of phosphoric acid groups is 1. The molecule has 0 bridgehead atoms. The Labute approximate surface area is 119 Å². The van der Waals surface area contributed by atoms with E-state index in [2.05, 4.69) is 9.05 Å². The number of rotatable bonds is 2. The molecule has 10 heteroatoms. The Kier molecular flexibility index (Phi) is 6.58. The maximum absolute atomic E-state index is 13.7. The molecule has 0 aliphatic carbocycles. The molecule has 0 spiro atoms. The van der Waals surface area contributed by atoms with E-state index >= 15 is 0 Å². The summed E-state index contributed by atoms with van der Waals surface area (Å²) in [4.78, 5) is 9.32. The zero-order chi connectivity index (χ0) is 16.1. The van der Waals surface area contributed by atoms with Crippen molar-refractivity contribution in [3.63, 3.8) is 0 Å². The van der Waals surface area contributed by atoms with Gasteiger partial charge in [-0.05, 0) is 12.8 Å². The van der Waals surface area contributed by atoms with Crippen molar-refractivity contribution >= 4 is 7.82 Å². The van der Waals surface area contributed by atoms with Gasteiger partial charge in [0.05, 0.1) is 6.61 Å². The van der Waals surface area contributed by atoms with Crippen LogP contribution in [0.1, 0.15) is 44.9 Å². The largest absolute Gasteiger partial charge is 0.472 e. The molecule has 126 valence electrons. The Morgan fingerprint density at radius 2 is 1.62 bits per heavy atom. The molecule has 1 rings (SSSR count). The minimum absolute atomic E-state index is 0.161. The van der Waals surface area contributed by atoms with Crippen molar-refractivity contribution in [2.75, 3.05) is 6.61 Å². The van der Waals surface area contributed by atoms with Crippen LogP contribution in [0.5, 0.6) is 0 Å². The maximum atomic E-state index is 13.7. The van der Waals surface area contributed by atoms with E-state index in [1.54, 1.807) is 0 Å². The van der Waals surface area contributed by atoms with Gasteiger partial charge in [0.1, 0.15) is 12.5 Å². The van der Waals surface area contributed by atoms with Crippen LogP contribution in [0.4, 0.5) is 22.0 Å². The third kappa shape index (κ3) is 7.54. The van der Waals surface area contributed by atoms with Crippen molar-refractivity contribution in [2.24, 2.45) is 0 Å². The molecule has 1 N–H and O–H groups in total. The van der Waals surface area contributed by atoms with Gasteiger partial charge in [-0.1, -0.05) is 25.7 Å². The van der Waals surface area contributed by atoms with E-state index in [-0.39, 0.29) is 13.0 Å². The first kappa shape index (κ1) is 18.8. The minimum Gasteiger partial charge on any atom is -0.302 e. The van der Waals surface area contributed by atoms with Gasteiger partial charge in [-0.25, -0.2) is 13.3 Å². The van der Waals surface area contributed by atoms with Crippen molar-refractivity contribution in [3.8, 4) is 0 Å². The first-order valence-electron chi connectivity index (χ1n) is 6.62. The summed E-state index contributed by atoms with van der Waals surface area (Å²) in [6.07, 6.45) is -7.66. The van der Waals surface area contributed by atoms with Gasteiger partial charge in [-0.3, -0.25) is 9.05 Å². The fourth-order valence-electron chi connectivity index (χ4n) is 2.06. The van der Waals surface area contributed by atoms with E-state index in [4.69, 9.17) is 0 Å². The quantitative estimate of drug-likeness (QED) is 0.597. The Morgan fingerprint density at radius 1 is 1.05 bits per heavy atom. The zero-order valence-corrected chi connectivity index (χ0v) is 12.1. The smallest absolute Gasteiger partial charge is 0.302 e. The van der Waals surface area contributed by atoms with E-state index in [1.807, 2.05) is 0 Å². The molecular weight excluding hydrogens is 322 g/mol. The molecule has 4 nitrogen and oxygen atoms in total. The highest BCUT2D eigenvalue weighted by Crippen LogP contribution is 2.49. The number of halogens is 5. The molecule has 2 unspecified atom stereocenters. The van der Waals surface area contributed by atoms with E-state index in [1.165, 1.54) is 0 Å². The van der Waals surface area contributed by atoms with E-state index in [9.17, 15) is 31.4 Å². The standard InChI is InChI=1S/C11H18F5O4P/c12-10(13,8-11(14,15)16)9-6-4-2-1-3-5-7-19-21(17,18)20-9/h9H,1-8H2,(H,17,18). The lowest BCUT2D eigenvalue weighted by atomic mass is 10.0. The molecule has 0 radical (unpaired) electrons. The molecule has 1 fully saturated rings. The lowest BCUT2D eigenvalue weighted by Crippen LogP contribution is -2.39. The minimum atomic E-state index is -5.10. The number of alkyl halides is 5. The fraction of sp³-hybridized carbons (Fsp3) is 1.00. The average molecular weight is 340 g/mol. The normalized spacial score (nSPS) is 30.7. The molecule has 0 aromatic heterocycles. The van der Waals surface area contributed by atoms with Crippen LogP contribution < -0.4 is 0 Å². The van der Waals surface area contributed by atoms with Gasteiger partial charge in [0.2, 0.25) is 0 Å². The molecule has 0 saturated carbocycles. The summed E-state index contributed by atoms with van der Waals surface area (Å²) in [5.74, 6) is -4.28. The van der Waals surface area contributed by atoms with Crippen LogP contribution in [0, 0.1) is 0 Å². The molecule has 0 amide bonds. The van der Waals surface area contributed by atoms with Crippen molar-refractivity contribution in [3.05, 3.63) is 0 Å². The molecular formula is C11H18F5O4P. The first-order valence-corrected chi connectivity index (χ1v) is 8.12. The molecule has 1 heterocycles. The van der Waals surface area contributed by atoms with Crippen LogP contribution in [-0.4, -0.2) is 29.7 Å². The monoisotopic (exact) mass is 340 g/mol. The summed E-state index contributed by atoms with van der Waals surface area (Å²) in [6.45, 7) is -0.161. The van der Waals surface area contributed by atoms with Crippen LogP contribution in [0.3, 0.4) is 0 Å². The summed E-state index contributed by atoms with van der Waals surface area (Å²) in [5.41, 5.74) is 0. The van der Waals surface area contributed by atoms with Gasteiger partial charge >= 0.3 is 14.0 Å². The summed E-state index contributed by atoms with van der Waals surface area (Å²) in [7, 11) is -4.79. The second-order valence-electron chi connectivity index (χ2n) is 5.01. The Hall–Kier alpha value is -0.240. The molecule has 1 aliphatic heterocycles. The first-order chi connectivity index (χ1) is 9.52. The number of hydrogen-bond donors (Lipinski definition) is 1. The zero-order valence-electron chi connectivity index (χ0n) is 11.2. The van der Waals surface area contributed by atoms with Gasteiger partial charge in [0.15, 0.2) is 0 Å². The van der Waals surface area contributed by atoms with Gasteiger partial charge in [0, 0.05) is 0 Å². The van der Waals surface area contributed by atoms with Gasteiger partial charge in [-0.2, -0.15) is 13.2 Å². The summed E-state index contributed by atoms with van der Waals surface area (Å²) >= 11 is 0. The predicted octanol–water partition coefficient (Wildman–Crippen LogP) is 4.43. The topological polar surface area (TPSA) is 55.8 Å². The van der Waals surface area contributed by atoms with Crippen molar-refractivity contribution < 1.29 is 40.5 Å². The average Bonchev–Trinajstić information content (AvgIpc) is 2.30. The molecule has 1 aliphatic rings. The molecule has 0 aromatic carbocycles. The second kappa shape index (κ2) is 7.35. The van der Waals surface area contributed by atoms with Gasteiger partial charge < -0.3 is 4.89 Å². The Morgan fingerprint density at radius 3 is 2.24 bits per heavy atom. The van der Waals surface area contributed by atoms with Crippen LogP contribution >= 0.6 is 7.82 Å².